The molecule has 0 aromatic heterocycles. The molecule has 2 aliphatic heterocycles. The zero-order chi connectivity index (χ0) is 15.7. The van der Waals surface area contributed by atoms with Crippen LogP contribution in [-0.2, 0) is 11.3 Å². The minimum absolute atomic E-state index is 0.184. The van der Waals surface area contributed by atoms with E-state index in [1.165, 1.54) is 4.90 Å². The summed E-state index contributed by atoms with van der Waals surface area (Å²) in [6, 6.07) is 5.25. The van der Waals surface area contributed by atoms with Crippen molar-refractivity contribution >= 4 is 12.0 Å². The molecule has 1 aromatic rings. The molecule has 0 spiro atoms. The van der Waals surface area contributed by atoms with Crippen LogP contribution in [0.3, 0.4) is 0 Å². The van der Waals surface area contributed by atoms with E-state index in [1.54, 1.807) is 6.92 Å². The molecule has 22 heavy (non-hydrogen) atoms. The number of carboxylic acid groups (broad SMARTS) is 1. The lowest BCUT2D eigenvalue weighted by molar-refractivity contribution is -0.147. The van der Waals surface area contributed by atoms with Gasteiger partial charge in [-0.2, -0.15) is 0 Å². The SMILES string of the molecule is CC1(C(=O)O)CCN(C(=O)NCc2cccc3c2OCO3)C1. The standard InChI is InChI=1S/C15H18N2O5/c1-15(13(18)19)5-6-17(8-15)14(20)16-7-10-3-2-4-11-12(10)22-9-21-11/h2-4H,5-9H2,1H3,(H,16,20)(H,18,19). The largest absolute Gasteiger partial charge is 0.481 e. The summed E-state index contributed by atoms with van der Waals surface area (Å²) in [6.45, 7) is 2.83. The average Bonchev–Trinajstić information content (AvgIpc) is 3.12. The molecule has 1 fully saturated rings. The van der Waals surface area contributed by atoms with E-state index in [0.717, 1.165) is 5.56 Å². The van der Waals surface area contributed by atoms with Gasteiger partial charge in [0.1, 0.15) is 0 Å². The Labute approximate surface area is 127 Å². The average molecular weight is 306 g/mol. The number of nitrogens with one attached hydrogen (secondary N) is 1. The number of hydrogen-bond donors (Lipinski definition) is 2. The highest BCUT2D eigenvalue weighted by molar-refractivity contribution is 5.79. The maximum absolute atomic E-state index is 12.2. The van der Waals surface area contributed by atoms with Gasteiger partial charge in [-0.25, -0.2) is 4.79 Å². The number of aliphatic carboxylic acids is 1. The van der Waals surface area contributed by atoms with Gasteiger partial charge in [0.15, 0.2) is 11.5 Å². The van der Waals surface area contributed by atoms with Crippen LogP contribution in [0.4, 0.5) is 4.79 Å². The molecule has 1 atom stereocenters. The van der Waals surface area contributed by atoms with Crippen LogP contribution < -0.4 is 14.8 Å². The van der Waals surface area contributed by atoms with E-state index < -0.39 is 11.4 Å². The van der Waals surface area contributed by atoms with Gasteiger partial charge < -0.3 is 24.8 Å². The first kappa shape index (κ1) is 14.5. The number of nitrogens with zero attached hydrogens (tertiary/aromatic N) is 1. The molecule has 1 unspecified atom stereocenters. The quantitative estimate of drug-likeness (QED) is 0.882. The van der Waals surface area contributed by atoms with Crippen molar-refractivity contribution in [2.75, 3.05) is 19.9 Å². The topological polar surface area (TPSA) is 88.1 Å². The Kier molecular flexibility index (Phi) is 3.56. The van der Waals surface area contributed by atoms with Crippen molar-refractivity contribution in [2.24, 2.45) is 5.41 Å². The summed E-state index contributed by atoms with van der Waals surface area (Å²) in [5.74, 6) is 0.459. The van der Waals surface area contributed by atoms with Gasteiger partial charge in [-0.05, 0) is 19.4 Å². The fourth-order valence-corrected chi connectivity index (χ4v) is 2.72. The minimum Gasteiger partial charge on any atom is -0.481 e. The van der Waals surface area contributed by atoms with Crippen molar-refractivity contribution in [3.05, 3.63) is 23.8 Å². The van der Waals surface area contributed by atoms with Crippen LogP contribution in [0.25, 0.3) is 0 Å². The van der Waals surface area contributed by atoms with Gasteiger partial charge in [-0.15, -0.1) is 0 Å². The number of fused-ring (bicyclic) bond motifs is 1. The lowest BCUT2D eigenvalue weighted by Gasteiger charge is -2.20. The molecule has 0 saturated carbocycles. The Balaban J connectivity index is 1.60. The highest BCUT2D eigenvalue weighted by Gasteiger charge is 2.42. The number of carboxylic acids is 1. The van der Waals surface area contributed by atoms with Gasteiger partial charge in [0.25, 0.3) is 0 Å². The second-order valence-electron chi connectivity index (χ2n) is 5.85. The van der Waals surface area contributed by atoms with Gasteiger partial charge >= 0.3 is 12.0 Å². The van der Waals surface area contributed by atoms with E-state index in [9.17, 15) is 14.7 Å². The fourth-order valence-electron chi connectivity index (χ4n) is 2.72. The Morgan fingerprint density at radius 2 is 2.23 bits per heavy atom. The number of ether oxygens (including phenoxy) is 2. The monoisotopic (exact) mass is 306 g/mol. The van der Waals surface area contributed by atoms with Gasteiger partial charge in [0.2, 0.25) is 6.79 Å². The van der Waals surface area contributed by atoms with Crippen LogP contribution in [0.15, 0.2) is 18.2 Å². The Morgan fingerprint density at radius 1 is 1.41 bits per heavy atom. The molecule has 7 heteroatoms. The smallest absolute Gasteiger partial charge is 0.317 e. The lowest BCUT2D eigenvalue weighted by atomic mass is 9.90. The summed E-state index contributed by atoms with van der Waals surface area (Å²) >= 11 is 0. The molecule has 118 valence electrons. The summed E-state index contributed by atoms with van der Waals surface area (Å²) < 4.78 is 10.7. The third-order valence-electron chi connectivity index (χ3n) is 4.19. The molecule has 1 saturated heterocycles. The molecule has 2 heterocycles. The van der Waals surface area contributed by atoms with Crippen LogP contribution in [-0.4, -0.2) is 41.9 Å². The van der Waals surface area contributed by atoms with E-state index in [-0.39, 0.29) is 19.4 Å². The predicted molar refractivity (Wildman–Crippen MR) is 76.7 cm³/mol. The maximum atomic E-state index is 12.2. The summed E-state index contributed by atoms with van der Waals surface area (Å²) in [5.41, 5.74) is -0.0222. The molecule has 7 nitrogen and oxygen atoms in total. The number of hydrogen-bond acceptors (Lipinski definition) is 4. The van der Waals surface area contributed by atoms with Crippen LogP contribution in [0.1, 0.15) is 18.9 Å². The van der Waals surface area contributed by atoms with Crippen LogP contribution in [0, 0.1) is 5.41 Å². The van der Waals surface area contributed by atoms with E-state index in [0.29, 0.717) is 31.0 Å². The zero-order valence-corrected chi connectivity index (χ0v) is 12.3. The normalized spacial score (nSPS) is 22.7. The molecule has 3 rings (SSSR count). The number of benzene rings is 1. The Hall–Kier alpha value is -2.44. The number of carbonyl (C=O) groups excluding carboxylic acids is 1. The molecule has 0 radical (unpaired) electrons. The summed E-state index contributed by atoms with van der Waals surface area (Å²) in [7, 11) is 0. The number of para-hydroxylation sites is 1. The van der Waals surface area contributed by atoms with Crippen molar-refractivity contribution in [3.8, 4) is 11.5 Å². The van der Waals surface area contributed by atoms with Gasteiger partial charge in [-0.3, -0.25) is 4.79 Å². The van der Waals surface area contributed by atoms with Crippen LogP contribution >= 0.6 is 0 Å². The molecular formula is C15H18N2O5. The highest BCUT2D eigenvalue weighted by atomic mass is 16.7. The first-order valence-corrected chi connectivity index (χ1v) is 7.13. The Bertz CT molecular complexity index is 618. The van der Waals surface area contributed by atoms with Crippen molar-refractivity contribution < 1.29 is 24.2 Å². The summed E-state index contributed by atoms with van der Waals surface area (Å²) in [5, 5.41) is 12.0. The van der Waals surface area contributed by atoms with E-state index in [4.69, 9.17) is 9.47 Å². The lowest BCUT2D eigenvalue weighted by Crippen LogP contribution is -2.40. The molecule has 2 amide bonds. The first-order valence-electron chi connectivity index (χ1n) is 7.13. The number of carbonyl (C=O) groups is 2. The van der Waals surface area contributed by atoms with E-state index in [2.05, 4.69) is 5.32 Å². The second-order valence-corrected chi connectivity index (χ2v) is 5.85. The molecule has 2 N–H and O–H groups in total. The van der Waals surface area contributed by atoms with Crippen molar-refractivity contribution in [3.63, 3.8) is 0 Å². The Morgan fingerprint density at radius 3 is 2.95 bits per heavy atom. The van der Waals surface area contributed by atoms with Gasteiger partial charge in [0.05, 0.1) is 5.41 Å². The third kappa shape index (κ3) is 2.54. The molecular weight excluding hydrogens is 288 g/mol. The number of amides is 2. The van der Waals surface area contributed by atoms with Crippen LogP contribution in [0.5, 0.6) is 11.5 Å². The van der Waals surface area contributed by atoms with Crippen molar-refractivity contribution in [1.29, 1.82) is 0 Å². The summed E-state index contributed by atoms with van der Waals surface area (Å²) in [6.07, 6.45) is 0.466. The van der Waals surface area contributed by atoms with E-state index >= 15 is 0 Å². The van der Waals surface area contributed by atoms with Crippen molar-refractivity contribution in [2.45, 2.75) is 19.9 Å². The summed E-state index contributed by atoms with van der Waals surface area (Å²) in [4.78, 5) is 24.9. The molecule has 0 aliphatic carbocycles. The first-order chi connectivity index (χ1) is 10.5. The number of rotatable bonds is 3. The number of urea groups is 1. The van der Waals surface area contributed by atoms with Gasteiger partial charge in [-0.1, -0.05) is 12.1 Å². The highest BCUT2D eigenvalue weighted by Crippen LogP contribution is 2.35. The molecule has 0 bridgehead atoms. The van der Waals surface area contributed by atoms with Gasteiger partial charge in [0, 0.05) is 25.2 Å². The zero-order valence-electron chi connectivity index (χ0n) is 12.3. The van der Waals surface area contributed by atoms with Crippen molar-refractivity contribution in [1.82, 2.24) is 10.2 Å². The maximum Gasteiger partial charge on any atom is 0.317 e. The van der Waals surface area contributed by atoms with Crippen LogP contribution in [0.2, 0.25) is 0 Å². The van der Waals surface area contributed by atoms with E-state index in [1.807, 2.05) is 18.2 Å². The molecule has 2 aliphatic rings. The second kappa shape index (κ2) is 5.40. The molecule has 1 aromatic carbocycles. The minimum atomic E-state index is -0.866. The fraction of sp³-hybridized carbons (Fsp3) is 0.467. The predicted octanol–water partition coefficient (Wildman–Crippen LogP) is 1.42. The third-order valence-corrected chi connectivity index (χ3v) is 4.19. The number of likely N-dealkylation sites (tertiary alicyclic amines) is 1.